The van der Waals surface area contributed by atoms with Crippen LogP contribution in [0.5, 0.6) is 5.75 Å². The molecule has 0 N–H and O–H groups in total. The van der Waals surface area contributed by atoms with Crippen LogP contribution in [0.25, 0.3) is 16.6 Å². The molecule has 0 spiro atoms. The van der Waals surface area contributed by atoms with Crippen molar-refractivity contribution in [2.45, 2.75) is 17.5 Å². The quantitative estimate of drug-likeness (QED) is 0.309. The second-order valence-corrected chi connectivity index (χ2v) is 7.43. The fourth-order valence-electron chi connectivity index (χ4n) is 3.10. The third kappa shape index (κ3) is 4.42. The molecule has 8 heteroatoms. The minimum absolute atomic E-state index is 0.0815. The maximum absolute atomic E-state index is 13.2. The van der Waals surface area contributed by atoms with E-state index in [1.54, 1.807) is 66.7 Å². The van der Waals surface area contributed by atoms with Crippen LogP contribution >= 0.6 is 11.8 Å². The van der Waals surface area contributed by atoms with Gasteiger partial charge in [0.2, 0.25) is 0 Å². The number of nitriles is 1. The first-order chi connectivity index (χ1) is 15.1. The van der Waals surface area contributed by atoms with Crippen LogP contribution in [0.2, 0.25) is 0 Å². The van der Waals surface area contributed by atoms with Crippen LogP contribution in [0.1, 0.15) is 11.1 Å². The van der Waals surface area contributed by atoms with Crippen molar-refractivity contribution < 1.29 is 13.5 Å². The van der Waals surface area contributed by atoms with Gasteiger partial charge >= 0.3 is 6.61 Å². The molecule has 4 aromatic rings. The molecule has 5 nitrogen and oxygen atoms in total. The average Bonchev–Trinajstić information content (AvgIpc) is 2.78. The molecule has 0 aliphatic rings. The van der Waals surface area contributed by atoms with E-state index in [1.165, 1.54) is 22.4 Å². The van der Waals surface area contributed by atoms with E-state index in [-0.39, 0.29) is 17.1 Å². The van der Waals surface area contributed by atoms with Crippen LogP contribution < -0.4 is 10.3 Å². The third-order valence-corrected chi connectivity index (χ3v) is 5.53. The molecule has 0 saturated carbocycles. The first kappa shape index (κ1) is 20.6. The zero-order valence-electron chi connectivity index (χ0n) is 16.0. The molecule has 1 aromatic heterocycles. The summed E-state index contributed by atoms with van der Waals surface area (Å²) in [5, 5.41) is 9.91. The molecular weight excluding hydrogens is 420 g/mol. The van der Waals surface area contributed by atoms with Crippen LogP contribution in [0, 0.1) is 11.3 Å². The van der Waals surface area contributed by atoms with E-state index in [0.29, 0.717) is 32.9 Å². The Balaban J connectivity index is 1.78. The van der Waals surface area contributed by atoms with Crippen LogP contribution in [0.3, 0.4) is 0 Å². The van der Waals surface area contributed by atoms with Crippen molar-refractivity contribution in [3.63, 3.8) is 0 Å². The first-order valence-corrected chi connectivity index (χ1v) is 10.2. The largest absolute Gasteiger partial charge is 0.435 e. The molecule has 0 amide bonds. The van der Waals surface area contributed by atoms with Gasteiger partial charge in [-0.25, -0.2) is 4.98 Å². The topological polar surface area (TPSA) is 67.9 Å². The van der Waals surface area contributed by atoms with E-state index in [4.69, 9.17) is 5.26 Å². The molecule has 0 unspecified atom stereocenters. The standard InChI is InChI=1S/C23H15F2N3O2S/c24-22(25)30-20-8-4-1-5-16(20)14-31-23-27-19-7-3-2-6-18(19)21(29)28(23)17-11-9-15(13-26)10-12-17/h1-12,22H,14H2. The monoisotopic (exact) mass is 435 g/mol. The summed E-state index contributed by atoms with van der Waals surface area (Å²) in [6, 6.07) is 22.2. The van der Waals surface area contributed by atoms with Crippen molar-refractivity contribution in [2.75, 3.05) is 0 Å². The lowest BCUT2D eigenvalue weighted by Gasteiger charge is -2.14. The van der Waals surface area contributed by atoms with E-state index in [9.17, 15) is 13.6 Å². The van der Waals surface area contributed by atoms with Crippen molar-refractivity contribution in [3.8, 4) is 17.5 Å². The minimum Gasteiger partial charge on any atom is -0.435 e. The van der Waals surface area contributed by atoms with Crippen molar-refractivity contribution in [3.05, 3.63) is 94.3 Å². The maximum Gasteiger partial charge on any atom is 0.387 e. The van der Waals surface area contributed by atoms with Gasteiger partial charge in [0.05, 0.1) is 28.2 Å². The number of aromatic nitrogens is 2. The fraction of sp³-hybridized carbons (Fsp3) is 0.0870. The van der Waals surface area contributed by atoms with Crippen LogP contribution in [0.4, 0.5) is 8.78 Å². The average molecular weight is 435 g/mol. The van der Waals surface area contributed by atoms with Gasteiger partial charge in [-0.3, -0.25) is 9.36 Å². The predicted octanol–water partition coefficient (Wildman–Crippen LogP) is 5.15. The van der Waals surface area contributed by atoms with Crippen molar-refractivity contribution in [2.24, 2.45) is 0 Å². The number of para-hydroxylation sites is 2. The van der Waals surface area contributed by atoms with Gasteiger partial charge < -0.3 is 4.74 Å². The number of benzene rings is 3. The molecule has 0 saturated heterocycles. The van der Waals surface area contributed by atoms with Gasteiger partial charge in [0, 0.05) is 11.3 Å². The Labute approximate surface area is 180 Å². The molecule has 3 aromatic carbocycles. The molecule has 0 radical (unpaired) electrons. The predicted molar refractivity (Wildman–Crippen MR) is 115 cm³/mol. The summed E-state index contributed by atoms with van der Waals surface area (Å²) in [5.41, 5.74) is 1.87. The number of fused-ring (bicyclic) bond motifs is 1. The highest BCUT2D eigenvalue weighted by Crippen LogP contribution is 2.29. The number of rotatable bonds is 6. The molecule has 0 bridgehead atoms. The summed E-state index contributed by atoms with van der Waals surface area (Å²) in [7, 11) is 0. The van der Waals surface area contributed by atoms with Crippen LogP contribution in [-0.4, -0.2) is 16.2 Å². The number of thioether (sulfide) groups is 1. The molecule has 31 heavy (non-hydrogen) atoms. The van der Waals surface area contributed by atoms with Gasteiger partial charge in [-0.15, -0.1) is 0 Å². The Kier molecular flexibility index (Phi) is 5.96. The molecule has 154 valence electrons. The lowest BCUT2D eigenvalue weighted by molar-refractivity contribution is -0.0503. The summed E-state index contributed by atoms with van der Waals surface area (Å²) in [4.78, 5) is 17.9. The van der Waals surface area contributed by atoms with Crippen LogP contribution in [0.15, 0.2) is 82.7 Å². The van der Waals surface area contributed by atoms with Gasteiger partial charge in [0.1, 0.15) is 5.75 Å². The van der Waals surface area contributed by atoms with Crippen LogP contribution in [-0.2, 0) is 5.75 Å². The molecule has 4 rings (SSSR count). The second kappa shape index (κ2) is 8.98. The number of alkyl halides is 2. The van der Waals surface area contributed by atoms with Gasteiger partial charge in [-0.05, 0) is 42.5 Å². The lowest BCUT2D eigenvalue weighted by Crippen LogP contribution is -2.21. The smallest absolute Gasteiger partial charge is 0.387 e. The van der Waals surface area contributed by atoms with Gasteiger partial charge in [-0.2, -0.15) is 14.0 Å². The molecule has 0 atom stereocenters. The van der Waals surface area contributed by atoms with Gasteiger partial charge in [-0.1, -0.05) is 42.1 Å². The lowest BCUT2D eigenvalue weighted by atomic mass is 10.2. The maximum atomic E-state index is 13.2. The molecule has 0 aliphatic carbocycles. The van der Waals surface area contributed by atoms with E-state index >= 15 is 0 Å². The number of ether oxygens (including phenoxy) is 1. The molecular formula is C23H15F2N3O2S. The first-order valence-electron chi connectivity index (χ1n) is 9.24. The van der Waals surface area contributed by atoms with E-state index in [0.717, 1.165) is 0 Å². The third-order valence-electron chi connectivity index (χ3n) is 4.54. The van der Waals surface area contributed by atoms with Crippen molar-refractivity contribution in [1.82, 2.24) is 9.55 Å². The Morgan fingerprint density at radius 1 is 1.03 bits per heavy atom. The highest BCUT2D eigenvalue weighted by Gasteiger charge is 2.15. The summed E-state index contributed by atoms with van der Waals surface area (Å²) in [6.45, 7) is -2.93. The highest BCUT2D eigenvalue weighted by atomic mass is 32.2. The van der Waals surface area contributed by atoms with Crippen molar-refractivity contribution in [1.29, 1.82) is 5.26 Å². The summed E-state index contributed by atoms with van der Waals surface area (Å²) in [5.74, 6) is 0.349. The summed E-state index contributed by atoms with van der Waals surface area (Å²) >= 11 is 1.24. The molecule has 0 aliphatic heterocycles. The van der Waals surface area contributed by atoms with Gasteiger partial charge in [0.25, 0.3) is 5.56 Å². The van der Waals surface area contributed by atoms with Gasteiger partial charge in [0.15, 0.2) is 5.16 Å². The van der Waals surface area contributed by atoms with E-state index in [2.05, 4.69) is 9.72 Å². The number of nitrogens with zero attached hydrogens (tertiary/aromatic N) is 3. The SMILES string of the molecule is N#Cc1ccc(-n2c(SCc3ccccc3OC(F)F)nc3ccccc3c2=O)cc1. The highest BCUT2D eigenvalue weighted by molar-refractivity contribution is 7.98. The summed E-state index contributed by atoms with van der Waals surface area (Å²) in [6.07, 6.45) is 0. The summed E-state index contributed by atoms with van der Waals surface area (Å²) < 4.78 is 31.5. The minimum atomic E-state index is -2.93. The Hall–Kier alpha value is -3.70. The zero-order chi connectivity index (χ0) is 21.8. The Morgan fingerprint density at radius 3 is 2.48 bits per heavy atom. The number of halogens is 2. The molecule has 0 fully saturated rings. The fourth-order valence-corrected chi connectivity index (χ4v) is 4.10. The second-order valence-electron chi connectivity index (χ2n) is 6.49. The normalized spacial score (nSPS) is 10.9. The zero-order valence-corrected chi connectivity index (χ0v) is 16.9. The number of hydrogen-bond acceptors (Lipinski definition) is 5. The van der Waals surface area contributed by atoms with E-state index in [1.807, 2.05) is 6.07 Å². The molecule has 1 heterocycles. The van der Waals surface area contributed by atoms with E-state index < -0.39 is 6.61 Å². The number of hydrogen-bond donors (Lipinski definition) is 0. The Bertz CT molecular complexity index is 1330. The Morgan fingerprint density at radius 2 is 1.74 bits per heavy atom. The van der Waals surface area contributed by atoms with Crippen molar-refractivity contribution >= 4 is 22.7 Å².